The predicted octanol–water partition coefficient (Wildman–Crippen LogP) is 1.91. The second kappa shape index (κ2) is 6.72. The molecule has 2 aromatic rings. The Morgan fingerprint density at radius 3 is 2.36 bits per heavy atom. The van der Waals surface area contributed by atoms with Gasteiger partial charge in [-0.05, 0) is 23.3 Å². The summed E-state index contributed by atoms with van der Waals surface area (Å²) in [6.45, 7) is 0.323. The molecule has 1 heterocycles. The largest absolute Gasteiger partial charge is 0.357 e. The van der Waals surface area contributed by atoms with Gasteiger partial charge in [0.25, 0.3) is 11.6 Å². The lowest BCUT2D eigenvalue weighted by Crippen LogP contribution is -2.51. The number of likely N-dealkylation sites (N-methyl/N-ethyl adjacent to an activating group) is 1. The first kappa shape index (κ1) is 16.6. The van der Waals surface area contributed by atoms with Crippen LogP contribution in [0.2, 0.25) is 0 Å². The van der Waals surface area contributed by atoms with Gasteiger partial charge in [-0.3, -0.25) is 19.7 Å². The molecule has 0 radical (unpaired) electrons. The van der Waals surface area contributed by atoms with E-state index in [1.54, 1.807) is 0 Å². The van der Waals surface area contributed by atoms with Gasteiger partial charge in [-0.15, -0.1) is 0 Å². The molecule has 1 aliphatic rings. The smallest absolute Gasteiger partial charge is 0.269 e. The van der Waals surface area contributed by atoms with E-state index >= 15 is 0 Å². The average Bonchev–Trinajstić information content (AvgIpc) is 2.65. The monoisotopic (exact) mass is 339 g/mol. The summed E-state index contributed by atoms with van der Waals surface area (Å²) in [4.78, 5) is 36.9. The first-order valence-electron chi connectivity index (χ1n) is 7.85. The van der Waals surface area contributed by atoms with Crippen LogP contribution in [0.15, 0.2) is 48.5 Å². The highest BCUT2D eigenvalue weighted by Gasteiger charge is 2.34. The van der Waals surface area contributed by atoms with E-state index in [4.69, 9.17) is 0 Å². The van der Waals surface area contributed by atoms with Crippen molar-refractivity contribution in [2.75, 3.05) is 7.05 Å². The fourth-order valence-electron chi connectivity index (χ4n) is 3.03. The van der Waals surface area contributed by atoms with Crippen LogP contribution in [0.4, 0.5) is 5.69 Å². The standard InChI is InChI=1S/C18H17N3O4/c1-19-17(22)16-10-13-4-2-3-5-14(13)11-20(16)18(23)12-6-8-15(9-7-12)21(24)25/h2-9,16H,10-11H2,1H3,(H,19,22)/t16-/m1/s1. The van der Waals surface area contributed by atoms with Crippen molar-refractivity contribution >= 4 is 17.5 Å². The second-order valence-corrected chi connectivity index (χ2v) is 5.84. The first-order valence-corrected chi connectivity index (χ1v) is 7.85. The van der Waals surface area contributed by atoms with Crippen molar-refractivity contribution in [3.63, 3.8) is 0 Å². The van der Waals surface area contributed by atoms with Gasteiger partial charge in [-0.2, -0.15) is 0 Å². The van der Waals surface area contributed by atoms with Gasteiger partial charge in [0.15, 0.2) is 0 Å². The Morgan fingerprint density at radius 2 is 1.76 bits per heavy atom. The zero-order valence-electron chi connectivity index (χ0n) is 13.6. The molecule has 1 N–H and O–H groups in total. The van der Waals surface area contributed by atoms with E-state index in [1.165, 1.54) is 36.2 Å². The number of carbonyl (C=O) groups excluding carboxylic acids is 2. The van der Waals surface area contributed by atoms with E-state index in [1.807, 2.05) is 24.3 Å². The molecular formula is C18H17N3O4. The van der Waals surface area contributed by atoms with Crippen LogP contribution >= 0.6 is 0 Å². The van der Waals surface area contributed by atoms with Crippen LogP contribution in [-0.4, -0.2) is 34.7 Å². The number of nitrogens with one attached hydrogen (secondary N) is 1. The summed E-state index contributed by atoms with van der Waals surface area (Å²) in [6, 6.07) is 12.5. The molecule has 25 heavy (non-hydrogen) atoms. The van der Waals surface area contributed by atoms with E-state index in [2.05, 4.69) is 5.32 Å². The number of hydrogen-bond donors (Lipinski definition) is 1. The number of rotatable bonds is 3. The second-order valence-electron chi connectivity index (χ2n) is 5.84. The fourth-order valence-corrected chi connectivity index (χ4v) is 3.03. The summed E-state index contributed by atoms with van der Waals surface area (Å²) in [5.41, 5.74) is 2.28. The zero-order chi connectivity index (χ0) is 18.0. The predicted molar refractivity (Wildman–Crippen MR) is 91.0 cm³/mol. The van der Waals surface area contributed by atoms with Crippen molar-refractivity contribution in [2.45, 2.75) is 19.0 Å². The Bertz CT molecular complexity index is 832. The number of hydrogen-bond acceptors (Lipinski definition) is 4. The third kappa shape index (κ3) is 3.21. The summed E-state index contributed by atoms with van der Waals surface area (Å²) >= 11 is 0. The summed E-state index contributed by atoms with van der Waals surface area (Å²) in [7, 11) is 1.54. The van der Waals surface area contributed by atoms with Crippen molar-refractivity contribution in [3.8, 4) is 0 Å². The number of nitrogens with zero attached hydrogens (tertiary/aromatic N) is 2. The highest BCUT2D eigenvalue weighted by molar-refractivity contribution is 5.98. The van der Waals surface area contributed by atoms with Crippen molar-refractivity contribution in [3.05, 3.63) is 75.3 Å². The topological polar surface area (TPSA) is 92.6 Å². The number of amides is 2. The molecule has 0 fully saturated rings. The van der Waals surface area contributed by atoms with Crippen molar-refractivity contribution in [1.29, 1.82) is 0 Å². The van der Waals surface area contributed by atoms with Crippen LogP contribution in [0.3, 0.4) is 0 Å². The van der Waals surface area contributed by atoms with Crippen LogP contribution in [-0.2, 0) is 17.8 Å². The van der Waals surface area contributed by atoms with Crippen LogP contribution in [0, 0.1) is 10.1 Å². The number of fused-ring (bicyclic) bond motifs is 1. The molecule has 0 aliphatic carbocycles. The van der Waals surface area contributed by atoms with E-state index in [0.29, 0.717) is 18.5 Å². The Hall–Kier alpha value is -3.22. The van der Waals surface area contributed by atoms with Gasteiger partial charge in [0.05, 0.1) is 4.92 Å². The molecular weight excluding hydrogens is 322 g/mol. The first-order chi connectivity index (χ1) is 12.0. The molecule has 2 amide bonds. The van der Waals surface area contributed by atoms with Gasteiger partial charge in [0, 0.05) is 37.7 Å². The number of nitro groups is 1. The molecule has 0 saturated heterocycles. The molecule has 0 aromatic heterocycles. The van der Waals surface area contributed by atoms with Crippen molar-refractivity contribution < 1.29 is 14.5 Å². The molecule has 128 valence electrons. The van der Waals surface area contributed by atoms with Crippen molar-refractivity contribution in [1.82, 2.24) is 10.2 Å². The maximum absolute atomic E-state index is 12.9. The third-order valence-corrected chi connectivity index (χ3v) is 4.38. The van der Waals surface area contributed by atoms with Gasteiger partial charge in [-0.1, -0.05) is 24.3 Å². The minimum Gasteiger partial charge on any atom is -0.357 e. The van der Waals surface area contributed by atoms with Crippen LogP contribution < -0.4 is 5.32 Å². The Labute approximate surface area is 144 Å². The zero-order valence-corrected chi connectivity index (χ0v) is 13.6. The Balaban J connectivity index is 1.93. The van der Waals surface area contributed by atoms with Crippen LogP contribution in [0.1, 0.15) is 21.5 Å². The Kier molecular flexibility index (Phi) is 4.47. The molecule has 7 nitrogen and oxygen atoms in total. The van der Waals surface area contributed by atoms with Gasteiger partial charge < -0.3 is 10.2 Å². The molecule has 7 heteroatoms. The summed E-state index contributed by atoms with van der Waals surface area (Å²) in [5.74, 6) is -0.553. The molecule has 0 unspecified atom stereocenters. The minimum absolute atomic E-state index is 0.0802. The van der Waals surface area contributed by atoms with Gasteiger partial charge >= 0.3 is 0 Å². The molecule has 3 rings (SSSR count). The molecule has 0 saturated carbocycles. The van der Waals surface area contributed by atoms with Crippen molar-refractivity contribution in [2.24, 2.45) is 0 Å². The lowest BCUT2D eigenvalue weighted by atomic mass is 9.93. The van der Waals surface area contributed by atoms with E-state index in [0.717, 1.165) is 11.1 Å². The summed E-state index contributed by atoms with van der Waals surface area (Å²) in [5, 5.41) is 13.4. The quantitative estimate of drug-likeness (QED) is 0.683. The third-order valence-electron chi connectivity index (χ3n) is 4.38. The Morgan fingerprint density at radius 1 is 1.12 bits per heavy atom. The number of non-ortho nitro benzene ring substituents is 1. The highest BCUT2D eigenvalue weighted by Crippen LogP contribution is 2.25. The lowest BCUT2D eigenvalue weighted by Gasteiger charge is -2.35. The van der Waals surface area contributed by atoms with E-state index in [-0.39, 0.29) is 17.5 Å². The van der Waals surface area contributed by atoms with E-state index in [9.17, 15) is 19.7 Å². The number of benzene rings is 2. The summed E-state index contributed by atoms with van der Waals surface area (Å²) < 4.78 is 0. The molecule has 0 bridgehead atoms. The van der Waals surface area contributed by atoms with E-state index < -0.39 is 11.0 Å². The SMILES string of the molecule is CNC(=O)[C@H]1Cc2ccccc2CN1C(=O)c1ccc([N+](=O)[O-])cc1. The minimum atomic E-state index is -0.609. The fraction of sp³-hybridized carbons (Fsp3) is 0.222. The molecule has 1 atom stereocenters. The lowest BCUT2D eigenvalue weighted by molar-refractivity contribution is -0.384. The summed E-state index contributed by atoms with van der Waals surface area (Å²) in [6.07, 6.45) is 0.439. The maximum atomic E-state index is 12.9. The average molecular weight is 339 g/mol. The normalized spacial score (nSPS) is 16.0. The maximum Gasteiger partial charge on any atom is 0.269 e. The number of nitro benzene ring substituents is 1. The van der Waals surface area contributed by atoms with Gasteiger partial charge in [-0.25, -0.2) is 0 Å². The van der Waals surface area contributed by atoms with Gasteiger partial charge in [0.2, 0.25) is 5.91 Å². The molecule has 1 aliphatic heterocycles. The van der Waals surface area contributed by atoms with Crippen LogP contribution in [0.25, 0.3) is 0 Å². The highest BCUT2D eigenvalue weighted by atomic mass is 16.6. The molecule has 2 aromatic carbocycles. The van der Waals surface area contributed by atoms with Gasteiger partial charge in [0.1, 0.15) is 6.04 Å². The number of carbonyl (C=O) groups is 2. The van der Waals surface area contributed by atoms with Crippen LogP contribution in [0.5, 0.6) is 0 Å². The molecule has 0 spiro atoms.